The third-order valence-corrected chi connectivity index (χ3v) is 8.15. The van der Waals surface area contributed by atoms with Crippen LogP contribution >= 0.6 is 0 Å². The van der Waals surface area contributed by atoms with E-state index in [1.807, 2.05) is 6.20 Å². The molecule has 2 saturated carbocycles. The van der Waals surface area contributed by atoms with Crippen LogP contribution in [0.3, 0.4) is 0 Å². The van der Waals surface area contributed by atoms with Crippen LogP contribution in [0.15, 0.2) is 6.20 Å². The lowest BCUT2D eigenvalue weighted by molar-refractivity contribution is 0.137. The summed E-state index contributed by atoms with van der Waals surface area (Å²) >= 11 is 0. The Morgan fingerprint density at radius 1 is 1.25 bits per heavy atom. The van der Waals surface area contributed by atoms with E-state index in [0.29, 0.717) is 29.1 Å². The number of rotatable bonds is 4. The number of anilines is 2. The van der Waals surface area contributed by atoms with Crippen LogP contribution in [0.5, 0.6) is 0 Å². The fraction of sp³-hybridized carbons (Fsp3) is 0.783. The highest BCUT2D eigenvalue weighted by atomic mass is 15.2. The Morgan fingerprint density at radius 3 is 2.71 bits per heavy atom. The van der Waals surface area contributed by atoms with Gasteiger partial charge < -0.3 is 16.0 Å². The van der Waals surface area contributed by atoms with E-state index in [0.717, 1.165) is 43.1 Å². The third-order valence-electron chi connectivity index (χ3n) is 8.15. The summed E-state index contributed by atoms with van der Waals surface area (Å²) in [5.74, 6) is 4.11. The fourth-order valence-electron chi connectivity index (χ4n) is 6.47. The third kappa shape index (κ3) is 3.53. The van der Waals surface area contributed by atoms with Gasteiger partial charge in [-0.25, -0.2) is 9.97 Å². The largest absolute Gasteiger partial charge is 0.382 e. The molecule has 0 radical (unpaired) electrons. The molecular formula is C23H37N5. The second-order valence-electron chi connectivity index (χ2n) is 9.59. The van der Waals surface area contributed by atoms with E-state index in [1.165, 1.54) is 51.4 Å². The molecule has 5 heteroatoms. The normalized spacial score (nSPS) is 29.5. The molecule has 3 fully saturated rings. The summed E-state index contributed by atoms with van der Waals surface area (Å²) in [5, 5.41) is 8.12. The van der Waals surface area contributed by atoms with E-state index in [1.54, 1.807) is 0 Å². The summed E-state index contributed by atoms with van der Waals surface area (Å²) in [5.41, 5.74) is 7.75. The number of nitrogens with two attached hydrogens (primary N) is 1. The van der Waals surface area contributed by atoms with Gasteiger partial charge in [0.25, 0.3) is 0 Å². The Kier molecular flexibility index (Phi) is 5.62. The molecule has 1 aromatic heterocycles. The predicted octanol–water partition coefficient (Wildman–Crippen LogP) is 5.05. The van der Waals surface area contributed by atoms with Gasteiger partial charge in [-0.05, 0) is 55.3 Å². The monoisotopic (exact) mass is 383 g/mol. The molecule has 3 N–H and O–H groups in total. The van der Waals surface area contributed by atoms with Gasteiger partial charge in [-0.2, -0.15) is 0 Å². The molecule has 1 saturated heterocycles. The first-order chi connectivity index (χ1) is 13.5. The van der Waals surface area contributed by atoms with E-state index in [9.17, 15) is 0 Å². The molecule has 2 heterocycles. The van der Waals surface area contributed by atoms with Crippen molar-refractivity contribution >= 4 is 17.3 Å². The number of nitrogen functional groups attached to an aromatic ring is 1. The van der Waals surface area contributed by atoms with Crippen molar-refractivity contribution in [2.75, 3.05) is 23.7 Å². The Balaban J connectivity index is 1.43. The van der Waals surface area contributed by atoms with Crippen molar-refractivity contribution in [3.63, 3.8) is 0 Å². The molecular weight excluding hydrogens is 346 g/mol. The molecule has 154 valence electrons. The lowest BCUT2D eigenvalue weighted by Gasteiger charge is -2.43. The number of hydrogen-bond acceptors (Lipinski definition) is 5. The highest BCUT2D eigenvalue weighted by Crippen LogP contribution is 2.59. The molecule has 0 amide bonds. The molecule has 1 spiro atoms. The standard InChI is InChI=1S/C23H37N5/c1-3-7-19(24)21-22(25)27-20(15-26-21)28-12-10-23(11-13-28)14-17-8-5-4-6-9-18(17)16(23)2/h15-18,24H,3-14H2,1-2H3,(H2,25,27). The van der Waals surface area contributed by atoms with Gasteiger partial charge in [-0.15, -0.1) is 0 Å². The van der Waals surface area contributed by atoms with E-state index in [4.69, 9.17) is 11.1 Å². The van der Waals surface area contributed by atoms with Crippen LogP contribution in [0.2, 0.25) is 0 Å². The lowest BCUT2D eigenvalue weighted by atomic mass is 9.69. The summed E-state index contributed by atoms with van der Waals surface area (Å²) in [7, 11) is 0. The lowest BCUT2D eigenvalue weighted by Crippen LogP contribution is -2.42. The Labute approximate surface area is 170 Å². The SMILES string of the molecule is CCCC(=N)c1ncc(N2CCC3(CC2)CC2CCCCCC2C3C)nc1N. The van der Waals surface area contributed by atoms with Gasteiger partial charge in [0, 0.05) is 13.1 Å². The van der Waals surface area contributed by atoms with Gasteiger partial charge >= 0.3 is 0 Å². The molecule has 4 rings (SSSR count). The number of piperidine rings is 1. The van der Waals surface area contributed by atoms with Crippen LogP contribution < -0.4 is 10.6 Å². The summed E-state index contributed by atoms with van der Waals surface area (Å²) in [6.45, 7) is 6.74. The number of aromatic nitrogens is 2. The zero-order valence-electron chi connectivity index (χ0n) is 17.7. The highest BCUT2D eigenvalue weighted by Gasteiger charge is 2.51. The Hall–Kier alpha value is -1.65. The zero-order valence-corrected chi connectivity index (χ0v) is 17.7. The average Bonchev–Trinajstić information content (AvgIpc) is 2.84. The molecule has 1 aliphatic heterocycles. The van der Waals surface area contributed by atoms with Gasteiger partial charge in [-0.1, -0.05) is 46.0 Å². The van der Waals surface area contributed by atoms with Gasteiger partial charge in [0.1, 0.15) is 11.5 Å². The first kappa shape index (κ1) is 19.7. The van der Waals surface area contributed by atoms with E-state index < -0.39 is 0 Å². The highest BCUT2D eigenvalue weighted by molar-refractivity contribution is 6.00. The first-order valence-electron chi connectivity index (χ1n) is 11.5. The minimum Gasteiger partial charge on any atom is -0.382 e. The zero-order chi connectivity index (χ0) is 19.7. The molecule has 0 aromatic carbocycles. The predicted molar refractivity (Wildman–Crippen MR) is 116 cm³/mol. The average molecular weight is 384 g/mol. The van der Waals surface area contributed by atoms with Crippen molar-refractivity contribution in [3.05, 3.63) is 11.9 Å². The molecule has 3 atom stereocenters. The number of hydrogen-bond donors (Lipinski definition) is 2. The maximum absolute atomic E-state index is 8.12. The molecule has 28 heavy (non-hydrogen) atoms. The summed E-state index contributed by atoms with van der Waals surface area (Å²) in [4.78, 5) is 11.5. The Bertz CT molecular complexity index is 707. The number of nitrogens with one attached hydrogen (secondary N) is 1. The fourth-order valence-corrected chi connectivity index (χ4v) is 6.47. The van der Waals surface area contributed by atoms with Crippen molar-refractivity contribution in [3.8, 4) is 0 Å². The second-order valence-corrected chi connectivity index (χ2v) is 9.59. The molecule has 3 unspecified atom stereocenters. The molecule has 1 aromatic rings. The van der Waals surface area contributed by atoms with Crippen molar-refractivity contribution in [1.82, 2.24) is 9.97 Å². The molecule has 5 nitrogen and oxygen atoms in total. The van der Waals surface area contributed by atoms with Crippen LogP contribution in [0.25, 0.3) is 0 Å². The van der Waals surface area contributed by atoms with E-state index in [2.05, 4.69) is 28.7 Å². The topological polar surface area (TPSA) is 78.9 Å². The molecule has 2 aliphatic carbocycles. The summed E-state index contributed by atoms with van der Waals surface area (Å²) in [6.07, 6.45) is 14.7. The maximum atomic E-state index is 8.12. The quantitative estimate of drug-likeness (QED) is 0.713. The van der Waals surface area contributed by atoms with Crippen molar-refractivity contribution in [2.24, 2.45) is 23.2 Å². The van der Waals surface area contributed by atoms with Crippen LogP contribution in [-0.4, -0.2) is 28.8 Å². The second kappa shape index (κ2) is 8.00. The number of nitrogens with zero attached hydrogens (tertiary/aromatic N) is 3. The van der Waals surface area contributed by atoms with Crippen molar-refractivity contribution in [1.29, 1.82) is 5.41 Å². The van der Waals surface area contributed by atoms with Gasteiger partial charge in [0.15, 0.2) is 5.82 Å². The minimum atomic E-state index is 0.410. The van der Waals surface area contributed by atoms with Crippen LogP contribution in [0, 0.1) is 28.6 Å². The van der Waals surface area contributed by atoms with Crippen molar-refractivity contribution < 1.29 is 0 Å². The van der Waals surface area contributed by atoms with E-state index in [-0.39, 0.29) is 0 Å². The van der Waals surface area contributed by atoms with Crippen molar-refractivity contribution in [2.45, 2.75) is 78.1 Å². The van der Waals surface area contributed by atoms with Crippen LogP contribution in [-0.2, 0) is 0 Å². The minimum absolute atomic E-state index is 0.410. The molecule has 3 aliphatic rings. The first-order valence-corrected chi connectivity index (χ1v) is 11.5. The number of fused-ring (bicyclic) bond motifs is 1. The van der Waals surface area contributed by atoms with E-state index >= 15 is 0 Å². The van der Waals surface area contributed by atoms with Gasteiger partial charge in [0.05, 0.1) is 11.9 Å². The van der Waals surface area contributed by atoms with Crippen LogP contribution in [0.1, 0.15) is 83.7 Å². The van der Waals surface area contributed by atoms with Gasteiger partial charge in [0.2, 0.25) is 0 Å². The summed E-state index contributed by atoms with van der Waals surface area (Å²) in [6, 6.07) is 0. The molecule has 0 bridgehead atoms. The Morgan fingerprint density at radius 2 is 2.00 bits per heavy atom. The smallest absolute Gasteiger partial charge is 0.153 e. The van der Waals surface area contributed by atoms with Crippen LogP contribution in [0.4, 0.5) is 11.6 Å². The summed E-state index contributed by atoms with van der Waals surface area (Å²) < 4.78 is 0. The maximum Gasteiger partial charge on any atom is 0.153 e. The van der Waals surface area contributed by atoms with Gasteiger partial charge in [-0.3, -0.25) is 0 Å².